The van der Waals surface area contributed by atoms with Crippen LogP contribution in [0.25, 0.3) is 0 Å². The molecule has 0 saturated heterocycles. The van der Waals surface area contributed by atoms with E-state index >= 15 is 0 Å². The van der Waals surface area contributed by atoms with Crippen LogP contribution in [0.15, 0.2) is 24.3 Å². The lowest BCUT2D eigenvalue weighted by Crippen LogP contribution is -2.38. The van der Waals surface area contributed by atoms with E-state index < -0.39 is 5.97 Å². The Bertz CT molecular complexity index is 474. The summed E-state index contributed by atoms with van der Waals surface area (Å²) in [5, 5.41) is 9.12. The van der Waals surface area contributed by atoms with Crippen molar-refractivity contribution < 1.29 is 9.90 Å². The molecule has 1 aliphatic carbocycles. The number of fused-ring (bicyclic) bond motifs is 1. The van der Waals surface area contributed by atoms with Gasteiger partial charge in [0.25, 0.3) is 0 Å². The van der Waals surface area contributed by atoms with Crippen molar-refractivity contribution in [2.75, 3.05) is 40.3 Å². The van der Waals surface area contributed by atoms with Crippen LogP contribution in [-0.2, 0) is 11.2 Å². The Morgan fingerprint density at radius 2 is 2.05 bits per heavy atom. The minimum atomic E-state index is -0.738. The molecule has 4 heteroatoms. The van der Waals surface area contributed by atoms with E-state index in [2.05, 4.69) is 34.1 Å². The van der Waals surface area contributed by atoms with E-state index in [4.69, 9.17) is 5.11 Å². The first-order valence-corrected chi connectivity index (χ1v) is 7.73. The molecule has 0 aromatic heterocycles. The molecule has 1 aromatic rings. The summed E-state index contributed by atoms with van der Waals surface area (Å²) >= 11 is 0. The predicted octanol–water partition coefficient (Wildman–Crippen LogP) is 2.05. The number of nitrogens with zero attached hydrogens (tertiary/aromatic N) is 2. The van der Waals surface area contributed by atoms with Gasteiger partial charge in [-0.25, -0.2) is 0 Å². The molecule has 4 nitrogen and oxygen atoms in total. The predicted molar refractivity (Wildman–Crippen MR) is 84.8 cm³/mol. The van der Waals surface area contributed by atoms with Crippen LogP contribution in [0.1, 0.15) is 29.9 Å². The van der Waals surface area contributed by atoms with Crippen molar-refractivity contribution in [3.63, 3.8) is 0 Å². The number of hydrogen-bond donors (Lipinski definition) is 1. The van der Waals surface area contributed by atoms with Gasteiger partial charge in [0.2, 0.25) is 0 Å². The summed E-state index contributed by atoms with van der Waals surface area (Å²) in [6.07, 6.45) is 3.52. The van der Waals surface area contributed by atoms with E-state index in [1.54, 1.807) is 0 Å². The minimum Gasteiger partial charge on any atom is -0.480 e. The summed E-state index contributed by atoms with van der Waals surface area (Å²) in [6, 6.07) is 8.62. The zero-order valence-corrected chi connectivity index (χ0v) is 13.1. The number of carboxylic acid groups (broad SMARTS) is 1. The zero-order valence-electron chi connectivity index (χ0n) is 13.1. The number of rotatable bonds is 7. The van der Waals surface area contributed by atoms with E-state index in [1.165, 1.54) is 17.5 Å². The van der Waals surface area contributed by atoms with Crippen molar-refractivity contribution in [3.8, 4) is 0 Å². The molecule has 0 aliphatic heterocycles. The van der Waals surface area contributed by atoms with Crippen molar-refractivity contribution in [1.82, 2.24) is 9.80 Å². The second-order valence-electron chi connectivity index (χ2n) is 6.22. The third-order valence-corrected chi connectivity index (χ3v) is 4.19. The zero-order chi connectivity index (χ0) is 15.2. The highest BCUT2D eigenvalue weighted by Gasteiger charge is 2.23. The summed E-state index contributed by atoms with van der Waals surface area (Å²) in [6.45, 7) is 2.67. The topological polar surface area (TPSA) is 43.8 Å². The number of benzene rings is 1. The fourth-order valence-corrected chi connectivity index (χ4v) is 3.12. The van der Waals surface area contributed by atoms with Crippen LogP contribution < -0.4 is 0 Å². The van der Waals surface area contributed by atoms with E-state index in [1.807, 2.05) is 14.1 Å². The number of hydrogen-bond acceptors (Lipinski definition) is 3. The van der Waals surface area contributed by atoms with Crippen molar-refractivity contribution in [2.24, 2.45) is 0 Å². The van der Waals surface area contributed by atoms with Crippen LogP contribution >= 0.6 is 0 Å². The van der Waals surface area contributed by atoms with E-state index in [0.717, 1.165) is 32.5 Å². The second-order valence-corrected chi connectivity index (χ2v) is 6.22. The Kier molecular flexibility index (Phi) is 5.76. The van der Waals surface area contributed by atoms with Gasteiger partial charge in [0, 0.05) is 19.6 Å². The third kappa shape index (κ3) is 4.83. The Morgan fingerprint density at radius 1 is 1.29 bits per heavy atom. The summed E-state index contributed by atoms with van der Waals surface area (Å²) in [4.78, 5) is 15.3. The fraction of sp³-hybridized carbons (Fsp3) is 0.588. The molecular weight excluding hydrogens is 264 g/mol. The number of carbonyl (C=O) groups is 1. The summed E-state index contributed by atoms with van der Waals surface area (Å²) < 4.78 is 0. The molecule has 1 unspecified atom stereocenters. The maximum Gasteiger partial charge on any atom is 0.317 e. The van der Waals surface area contributed by atoms with Crippen LogP contribution in [0.2, 0.25) is 0 Å². The maximum absolute atomic E-state index is 11.1. The molecule has 2 rings (SSSR count). The van der Waals surface area contributed by atoms with Crippen LogP contribution in [0.4, 0.5) is 0 Å². The van der Waals surface area contributed by atoms with Gasteiger partial charge < -0.3 is 10.0 Å². The monoisotopic (exact) mass is 290 g/mol. The van der Waals surface area contributed by atoms with Crippen LogP contribution in [0.3, 0.4) is 0 Å². The molecule has 1 aliphatic rings. The highest BCUT2D eigenvalue weighted by Crippen LogP contribution is 2.31. The van der Waals surface area contributed by atoms with Gasteiger partial charge in [-0.3, -0.25) is 9.69 Å². The number of carboxylic acids is 1. The average molecular weight is 290 g/mol. The standard InChI is InChI=1S/C17H26N2O2/c1-18(2)10-11-19(13-17(20)21)12-15-8-5-7-14-6-3-4-9-16(14)15/h3-4,6,9,15H,5,7-8,10-13H2,1-2H3,(H,20,21). The molecule has 0 bridgehead atoms. The highest BCUT2D eigenvalue weighted by atomic mass is 16.4. The van der Waals surface area contributed by atoms with E-state index in [-0.39, 0.29) is 6.54 Å². The largest absolute Gasteiger partial charge is 0.480 e. The number of likely N-dealkylation sites (N-methyl/N-ethyl adjacent to an activating group) is 1. The Hall–Kier alpha value is -1.39. The van der Waals surface area contributed by atoms with E-state index in [9.17, 15) is 4.79 Å². The molecule has 0 fully saturated rings. The van der Waals surface area contributed by atoms with Crippen LogP contribution in [0.5, 0.6) is 0 Å². The summed E-state index contributed by atoms with van der Waals surface area (Å²) in [5.41, 5.74) is 2.86. The molecule has 0 radical (unpaired) electrons. The molecule has 1 aromatic carbocycles. The second kappa shape index (κ2) is 7.57. The molecule has 0 spiro atoms. The fourth-order valence-electron chi connectivity index (χ4n) is 3.12. The normalized spacial score (nSPS) is 18.0. The smallest absolute Gasteiger partial charge is 0.317 e. The van der Waals surface area contributed by atoms with Crippen molar-refractivity contribution in [2.45, 2.75) is 25.2 Å². The maximum atomic E-state index is 11.1. The number of aryl methyl sites for hydroxylation is 1. The first-order valence-electron chi connectivity index (χ1n) is 7.73. The highest BCUT2D eigenvalue weighted by molar-refractivity contribution is 5.69. The Labute approximate surface area is 127 Å². The lowest BCUT2D eigenvalue weighted by atomic mass is 9.82. The molecule has 0 saturated carbocycles. The van der Waals surface area contributed by atoms with Gasteiger partial charge in [-0.15, -0.1) is 0 Å². The molecule has 0 heterocycles. The lowest BCUT2D eigenvalue weighted by molar-refractivity contribution is -0.138. The van der Waals surface area contributed by atoms with Crippen LogP contribution in [0, 0.1) is 0 Å². The SMILES string of the molecule is CN(C)CCN(CC(=O)O)CC1CCCc2ccccc21. The van der Waals surface area contributed by atoms with Gasteiger partial charge in [-0.2, -0.15) is 0 Å². The Balaban J connectivity index is 2.04. The van der Waals surface area contributed by atoms with Gasteiger partial charge in [0.1, 0.15) is 0 Å². The molecule has 1 atom stereocenters. The van der Waals surface area contributed by atoms with Crippen molar-refractivity contribution >= 4 is 5.97 Å². The Morgan fingerprint density at radius 3 is 2.76 bits per heavy atom. The van der Waals surface area contributed by atoms with Gasteiger partial charge >= 0.3 is 5.97 Å². The average Bonchev–Trinajstić information content (AvgIpc) is 2.44. The summed E-state index contributed by atoms with van der Waals surface area (Å²) in [5.74, 6) is -0.269. The number of aliphatic carboxylic acids is 1. The van der Waals surface area contributed by atoms with Crippen molar-refractivity contribution in [1.29, 1.82) is 0 Å². The molecular formula is C17H26N2O2. The van der Waals surface area contributed by atoms with Crippen LogP contribution in [-0.4, -0.2) is 61.2 Å². The van der Waals surface area contributed by atoms with Gasteiger partial charge in [-0.1, -0.05) is 24.3 Å². The lowest BCUT2D eigenvalue weighted by Gasteiger charge is -2.31. The first kappa shape index (κ1) is 16.0. The molecule has 1 N–H and O–H groups in total. The molecule has 21 heavy (non-hydrogen) atoms. The first-order chi connectivity index (χ1) is 10.1. The molecule has 116 valence electrons. The molecule has 0 amide bonds. The minimum absolute atomic E-state index is 0.131. The van der Waals surface area contributed by atoms with Crippen molar-refractivity contribution in [3.05, 3.63) is 35.4 Å². The van der Waals surface area contributed by atoms with Gasteiger partial charge in [-0.05, 0) is 50.4 Å². The quantitative estimate of drug-likeness (QED) is 0.835. The van der Waals surface area contributed by atoms with E-state index in [0.29, 0.717) is 5.92 Å². The third-order valence-electron chi connectivity index (χ3n) is 4.19. The summed E-state index contributed by atoms with van der Waals surface area (Å²) in [7, 11) is 4.05. The van der Waals surface area contributed by atoms with Gasteiger partial charge in [0.05, 0.1) is 6.54 Å². The van der Waals surface area contributed by atoms with Gasteiger partial charge in [0.15, 0.2) is 0 Å².